The van der Waals surface area contributed by atoms with E-state index in [1.165, 1.54) is 10.5 Å². The molecule has 0 saturated heterocycles. The molecule has 0 aromatic carbocycles. The van der Waals surface area contributed by atoms with Gasteiger partial charge in [-0.25, -0.2) is 0 Å². The summed E-state index contributed by atoms with van der Waals surface area (Å²) in [5.41, 5.74) is 2.52. The summed E-state index contributed by atoms with van der Waals surface area (Å²) in [5.74, 6) is 0. The number of allylic oxidation sites excluding steroid dienone is 2. The Morgan fingerprint density at radius 3 is 1.81 bits per heavy atom. The number of nitrogens with zero attached hydrogens (tertiary/aromatic N) is 1. The van der Waals surface area contributed by atoms with Gasteiger partial charge in [0.05, 0.1) is 0 Å². The molecule has 0 aromatic heterocycles. The van der Waals surface area contributed by atoms with Crippen molar-refractivity contribution in [3.05, 3.63) is 10.5 Å². The van der Waals surface area contributed by atoms with Crippen LogP contribution in [0.5, 0.6) is 0 Å². The summed E-state index contributed by atoms with van der Waals surface area (Å²) in [6, 6.07) is 0. The summed E-state index contributed by atoms with van der Waals surface area (Å²) in [4.78, 5) is 1.19. The van der Waals surface area contributed by atoms with E-state index in [0.717, 1.165) is 5.71 Å². The zero-order valence-electron chi connectivity index (χ0n) is 11.2. The molecule has 0 aromatic rings. The van der Waals surface area contributed by atoms with Crippen LogP contribution in [0.15, 0.2) is 14.9 Å². The van der Waals surface area contributed by atoms with Crippen molar-refractivity contribution in [1.82, 2.24) is 0 Å². The first-order valence-electron chi connectivity index (χ1n) is 5.48. The second-order valence-electron chi connectivity index (χ2n) is 6.21. The molecular weight excluding hydrogens is 237 g/mol. The van der Waals surface area contributed by atoms with E-state index in [1.807, 2.05) is 0 Å². The molecule has 1 rings (SSSR count). The van der Waals surface area contributed by atoms with Crippen molar-refractivity contribution >= 4 is 23.2 Å². The van der Waals surface area contributed by atoms with Crippen LogP contribution >= 0.6 is 7.24 Å². The third-order valence-corrected chi connectivity index (χ3v) is 5.31. The molecule has 1 unspecified atom stereocenters. The minimum absolute atomic E-state index is 0.0241. The van der Waals surface area contributed by atoms with Gasteiger partial charge in [-0.05, 0) is 0 Å². The molecule has 0 aliphatic carbocycles. The van der Waals surface area contributed by atoms with Crippen LogP contribution < -0.4 is 0 Å². The van der Waals surface area contributed by atoms with Crippen LogP contribution in [0.25, 0.3) is 0 Å². The molecule has 0 radical (unpaired) electrons. The summed E-state index contributed by atoms with van der Waals surface area (Å²) in [6.45, 7) is 15.2. The van der Waals surface area contributed by atoms with Crippen molar-refractivity contribution in [2.24, 2.45) is 15.2 Å². The van der Waals surface area contributed by atoms with Gasteiger partial charge in [0.1, 0.15) is 0 Å². The molecule has 90 valence electrons. The average Bonchev–Trinajstić information content (AvgIpc) is 2.40. The van der Waals surface area contributed by atoms with Crippen LogP contribution in [0.3, 0.4) is 0 Å². The summed E-state index contributed by atoms with van der Waals surface area (Å²) >= 11 is 0. The standard InChI is InChI=1S/C12H21NOPS/c1-8-9(11(2,3)4)10(12(5,6)7)13-16(8)15-14/h1-7H3/q+1. The van der Waals surface area contributed by atoms with Gasteiger partial charge in [-0.2, -0.15) is 0 Å². The summed E-state index contributed by atoms with van der Waals surface area (Å²) in [6.07, 6.45) is 0. The van der Waals surface area contributed by atoms with Crippen LogP contribution in [0, 0.1) is 10.8 Å². The van der Waals surface area contributed by atoms with Gasteiger partial charge < -0.3 is 0 Å². The number of rotatable bonds is 0. The Labute approximate surface area is 102 Å². The molecule has 0 bridgehead atoms. The first kappa shape index (κ1) is 14.1. The first-order valence-corrected chi connectivity index (χ1v) is 8.07. The van der Waals surface area contributed by atoms with Crippen molar-refractivity contribution in [3.63, 3.8) is 0 Å². The zero-order valence-corrected chi connectivity index (χ0v) is 12.9. The van der Waals surface area contributed by atoms with E-state index in [1.54, 1.807) is 0 Å². The third kappa shape index (κ3) is 2.62. The molecule has 16 heavy (non-hydrogen) atoms. The van der Waals surface area contributed by atoms with E-state index in [0.29, 0.717) is 0 Å². The van der Waals surface area contributed by atoms with Gasteiger partial charge in [0.25, 0.3) is 0 Å². The van der Waals surface area contributed by atoms with Gasteiger partial charge in [0, 0.05) is 0 Å². The van der Waals surface area contributed by atoms with Crippen molar-refractivity contribution in [2.75, 3.05) is 0 Å². The first-order chi connectivity index (χ1) is 7.09. The molecule has 0 saturated carbocycles. The van der Waals surface area contributed by atoms with Crippen molar-refractivity contribution in [1.29, 1.82) is 0 Å². The van der Waals surface area contributed by atoms with E-state index in [2.05, 4.69) is 52.9 Å². The minimum atomic E-state index is -0.448. The molecule has 0 N–H and O–H groups in total. The maximum absolute atomic E-state index is 11.1. The fourth-order valence-electron chi connectivity index (χ4n) is 1.93. The Kier molecular flexibility index (Phi) is 3.81. The molecule has 0 amide bonds. The predicted molar refractivity (Wildman–Crippen MR) is 74.0 cm³/mol. The maximum atomic E-state index is 11.1. The van der Waals surface area contributed by atoms with E-state index in [-0.39, 0.29) is 18.1 Å². The fourth-order valence-corrected chi connectivity index (χ4v) is 4.29. The summed E-state index contributed by atoms with van der Waals surface area (Å²) in [7, 11) is -0.314. The second-order valence-corrected chi connectivity index (χ2v) is 9.17. The normalized spacial score (nSPS) is 22.4. The quantitative estimate of drug-likeness (QED) is 0.586. The number of hydrogen-bond acceptors (Lipinski definition) is 1. The zero-order chi connectivity index (χ0) is 12.7. The summed E-state index contributed by atoms with van der Waals surface area (Å²) < 4.78 is 15.8. The van der Waals surface area contributed by atoms with Crippen LogP contribution in [0.2, 0.25) is 0 Å². The van der Waals surface area contributed by atoms with Crippen LogP contribution in [0.1, 0.15) is 48.5 Å². The Morgan fingerprint density at radius 1 is 1.06 bits per heavy atom. The molecule has 1 aliphatic rings. The Balaban J connectivity index is 3.48. The van der Waals surface area contributed by atoms with Crippen LogP contribution in [-0.4, -0.2) is 5.71 Å². The van der Waals surface area contributed by atoms with E-state index >= 15 is 0 Å². The fraction of sp³-hybridized carbons (Fsp3) is 0.750. The molecule has 0 fully saturated rings. The number of hydrogen-bond donors (Lipinski definition) is 0. The van der Waals surface area contributed by atoms with E-state index < -0.39 is 10.3 Å². The molecule has 4 heteroatoms. The third-order valence-electron chi connectivity index (χ3n) is 2.57. The molecule has 0 spiro atoms. The van der Waals surface area contributed by atoms with Gasteiger partial charge in [0.2, 0.25) is 0 Å². The van der Waals surface area contributed by atoms with Gasteiger partial charge in [-0.1, -0.05) is 0 Å². The SMILES string of the molecule is CC1=C(C(C)(C)C)C(C(C)(C)C)=NS1=[P+]=O. The predicted octanol–water partition coefficient (Wildman–Crippen LogP) is 4.55. The Bertz CT molecular complexity index is 429. The van der Waals surface area contributed by atoms with Gasteiger partial charge in [-0.15, -0.1) is 0 Å². The van der Waals surface area contributed by atoms with Gasteiger partial charge in [0.15, 0.2) is 0 Å². The van der Waals surface area contributed by atoms with Crippen molar-refractivity contribution in [2.45, 2.75) is 48.5 Å². The second kappa shape index (κ2) is 4.34. The summed E-state index contributed by atoms with van der Waals surface area (Å²) in [5, 5.41) is 0. The van der Waals surface area contributed by atoms with Crippen LogP contribution in [0.4, 0.5) is 0 Å². The molecule has 1 atom stereocenters. The van der Waals surface area contributed by atoms with E-state index in [9.17, 15) is 4.57 Å². The van der Waals surface area contributed by atoms with Gasteiger partial charge >= 0.3 is 102 Å². The van der Waals surface area contributed by atoms with E-state index in [4.69, 9.17) is 0 Å². The Morgan fingerprint density at radius 2 is 1.56 bits per heavy atom. The average molecular weight is 258 g/mol. The van der Waals surface area contributed by atoms with Crippen molar-refractivity contribution in [3.8, 4) is 0 Å². The van der Waals surface area contributed by atoms with Gasteiger partial charge in [-0.3, -0.25) is 0 Å². The van der Waals surface area contributed by atoms with Crippen molar-refractivity contribution < 1.29 is 4.57 Å². The van der Waals surface area contributed by atoms with Crippen LogP contribution in [-0.2, 0) is 14.8 Å². The monoisotopic (exact) mass is 258 g/mol. The topological polar surface area (TPSA) is 29.4 Å². The molecule has 1 aliphatic heterocycles. The molecular formula is C12H21NOPS+. The molecule has 1 heterocycles. The molecule has 2 nitrogen and oxygen atoms in total. The Hall–Kier alpha value is -0.0100.